The highest BCUT2D eigenvalue weighted by Gasteiger charge is 2.18. The summed E-state index contributed by atoms with van der Waals surface area (Å²) < 4.78 is 0.774. The Hall–Kier alpha value is -1.14. The highest BCUT2D eigenvalue weighted by Crippen LogP contribution is 2.20. The molecule has 1 heterocycles. The van der Waals surface area contributed by atoms with Crippen LogP contribution < -0.4 is 5.32 Å². The fourth-order valence-electron chi connectivity index (χ4n) is 1.75. The van der Waals surface area contributed by atoms with Crippen molar-refractivity contribution in [1.82, 2.24) is 9.88 Å². The predicted octanol–water partition coefficient (Wildman–Crippen LogP) is 2.12. The summed E-state index contributed by atoms with van der Waals surface area (Å²) in [6, 6.07) is 1.77. The van der Waals surface area contributed by atoms with Gasteiger partial charge in [-0.1, -0.05) is 0 Å². The number of halogens is 1. The molecule has 2 N–H and O–H groups in total. The van der Waals surface area contributed by atoms with Gasteiger partial charge in [0, 0.05) is 36.9 Å². The standard InChI is InChI=1S/C13H20BrN3O2/c1-3-15-12-11(8-10(14)9-16-12)13(19)17(4-2)6-5-7-18/h8-9,18H,3-7H2,1-2H3,(H,15,16). The molecule has 0 saturated heterocycles. The molecule has 6 heteroatoms. The lowest BCUT2D eigenvalue weighted by Crippen LogP contribution is -2.33. The van der Waals surface area contributed by atoms with Crippen LogP contribution in [0.25, 0.3) is 0 Å². The highest BCUT2D eigenvalue weighted by atomic mass is 79.9. The first-order valence-electron chi connectivity index (χ1n) is 6.43. The van der Waals surface area contributed by atoms with Crippen molar-refractivity contribution in [2.45, 2.75) is 20.3 Å². The predicted molar refractivity (Wildman–Crippen MR) is 79.4 cm³/mol. The number of aliphatic hydroxyl groups is 1. The van der Waals surface area contributed by atoms with E-state index < -0.39 is 0 Å². The Labute approximate surface area is 122 Å². The van der Waals surface area contributed by atoms with Crippen LogP contribution in [0.2, 0.25) is 0 Å². The van der Waals surface area contributed by atoms with E-state index in [1.165, 1.54) is 0 Å². The van der Waals surface area contributed by atoms with Crippen LogP contribution in [-0.4, -0.2) is 47.1 Å². The van der Waals surface area contributed by atoms with Crippen molar-refractivity contribution in [3.63, 3.8) is 0 Å². The molecular formula is C13H20BrN3O2. The summed E-state index contributed by atoms with van der Waals surface area (Å²) in [5.41, 5.74) is 0.552. The van der Waals surface area contributed by atoms with Gasteiger partial charge < -0.3 is 15.3 Å². The Balaban J connectivity index is 2.98. The number of hydrogen-bond acceptors (Lipinski definition) is 4. The average molecular weight is 330 g/mol. The second-order valence-electron chi connectivity index (χ2n) is 4.04. The molecule has 0 aliphatic carbocycles. The van der Waals surface area contributed by atoms with Crippen LogP contribution in [-0.2, 0) is 0 Å². The smallest absolute Gasteiger partial charge is 0.257 e. The first-order valence-corrected chi connectivity index (χ1v) is 7.22. The minimum Gasteiger partial charge on any atom is -0.396 e. The third kappa shape index (κ3) is 4.47. The molecule has 1 amide bonds. The van der Waals surface area contributed by atoms with Gasteiger partial charge in [0.25, 0.3) is 5.91 Å². The Kier molecular flexibility index (Phi) is 6.80. The number of carbonyl (C=O) groups excluding carboxylic acids is 1. The number of anilines is 1. The number of hydrogen-bond donors (Lipinski definition) is 2. The van der Waals surface area contributed by atoms with Gasteiger partial charge in [0.15, 0.2) is 0 Å². The molecule has 106 valence electrons. The van der Waals surface area contributed by atoms with E-state index in [1.54, 1.807) is 17.2 Å². The zero-order chi connectivity index (χ0) is 14.3. The fourth-order valence-corrected chi connectivity index (χ4v) is 2.08. The molecule has 0 atom stereocenters. The van der Waals surface area contributed by atoms with Crippen LogP contribution in [0.5, 0.6) is 0 Å². The fraction of sp³-hybridized carbons (Fsp3) is 0.538. The zero-order valence-electron chi connectivity index (χ0n) is 11.3. The molecule has 0 radical (unpaired) electrons. The maximum atomic E-state index is 12.5. The molecule has 0 aliphatic heterocycles. The summed E-state index contributed by atoms with van der Waals surface area (Å²) in [6.07, 6.45) is 2.25. The maximum Gasteiger partial charge on any atom is 0.257 e. The van der Waals surface area contributed by atoms with E-state index in [4.69, 9.17) is 5.11 Å². The van der Waals surface area contributed by atoms with Crippen LogP contribution in [0.1, 0.15) is 30.6 Å². The van der Waals surface area contributed by atoms with Crippen molar-refractivity contribution in [2.24, 2.45) is 0 Å². The summed E-state index contributed by atoms with van der Waals surface area (Å²) in [6.45, 7) is 5.83. The number of aromatic nitrogens is 1. The van der Waals surface area contributed by atoms with Crippen molar-refractivity contribution >= 4 is 27.7 Å². The van der Waals surface area contributed by atoms with Crippen LogP contribution >= 0.6 is 15.9 Å². The van der Waals surface area contributed by atoms with Gasteiger partial charge in [-0.15, -0.1) is 0 Å². The monoisotopic (exact) mass is 329 g/mol. The van der Waals surface area contributed by atoms with Gasteiger partial charge in [-0.3, -0.25) is 4.79 Å². The second kappa shape index (κ2) is 8.12. The van der Waals surface area contributed by atoms with Crippen LogP contribution in [0.3, 0.4) is 0 Å². The third-order valence-corrected chi connectivity index (χ3v) is 3.12. The molecule has 0 unspecified atom stereocenters. The van der Waals surface area contributed by atoms with Gasteiger partial charge in [-0.05, 0) is 42.3 Å². The zero-order valence-corrected chi connectivity index (χ0v) is 12.9. The van der Waals surface area contributed by atoms with Gasteiger partial charge >= 0.3 is 0 Å². The number of carbonyl (C=O) groups is 1. The molecule has 1 aromatic rings. The Morgan fingerprint density at radius 1 is 1.53 bits per heavy atom. The Morgan fingerprint density at radius 2 is 2.26 bits per heavy atom. The van der Waals surface area contributed by atoms with Gasteiger partial charge in [0.2, 0.25) is 0 Å². The molecule has 19 heavy (non-hydrogen) atoms. The largest absolute Gasteiger partial charge is 0.396 e. The third-order valence-electron chi connectivity index (χ3n) is 2.68. The van der Waals surface area contributed by atoms with Crippen LogP contribution in [0, 0.1) is 0 Å². The van der Waals surface area contributed by atoms with E-state index in [-0.39, 0.29) is 12.5 Å². The summed E-state index contributed by atoms with van der Waals surface area (Å²) in [7, 11) is 0. The number of nitrogens with one attached hydrogen (secondary N) is 1. The summed E-state index contributed by atoms with van der Waals surface area (Å²) in [5.74, 6) is 0.527. The molecule has 1 rings (SSSR count). The van der Waals surface area contributed by atoms with Crippen molar-refractivity contribution in [3.05, 3.63) is 22.3 Å². The molecule has 5 nitrogen and oxygen atoms in total. The second-order valence-corrected chi connectivity index (χ2v) is 4.96. The van der Waals surface area contributed by atoms with E-state index in [2.05, 4.69) is 26.2 Å². The number of nitrogens with zero attached hydrogens (tertiary/aromatic N) is 2. The minimum absolute atomic E-state index is 0.0688. The molecule has 0 aliphatic rings. The lowest BCUT2D eigenvalue weighted by atomic mass is 10.2. The number of pyridine rings is 1. The summed E-state index contributed by atoms with van der Waals surface area (Å²) >= 11 is 3.34. The normalized spacial score (nSPS) is 10.3. The molecule has 1 aromatic heterocycles. The topological polar surface area (TPSA) is 65.5 Å². The lowest BCUT2D eigenvalue weighted by Gasteiger charge is -2.21. The van der Waals surface area contributed by atoms with E-state index >= 15 is 0 Å². The lowest BCUT2D eigenvalue weighted by molar-refractivity contribution is 0.0755. The molecular weight excluding hydrogens is 310 g/mol. The maximum absolute atomic E-state index is 12.5. The van der Waals surface area contributed by atoms with Crippen molar-refractivity contribution < 1.29 is 9.90 Å². The minimum atomic E-state index is -0.0688. The van der Waals surface area contributed by atoms with Crippen LogP contribution in [0.15, 0.2) is 16.7 Å². The van der Waals surface area contributed by atoms with E-state index in [1.807, 2.05) is 13.8 Å². The number of rotatable bonds is 7. The summed E-state index contributed by atoms with van der Waals surface area (Å²) in [4.78, 5) is 18.4. The highest BCUT2D eigenvalue weighted by molar-refractivity contribution is 9.10. The molecule has 0 aromatic carbocycles. The van der Waals surface area contributed by atoms with E-state index in [9.17, 15) is 4.79 Å². The van der Waals surface area contributed by atoms with Crippen molar-refractivity contribution in [1.29, 1.82) is 0 Å². The van der Waals surface area contributed by atoms with Gasteiger partial charge in [-0.2, -0.15) is 0 Å². The molecule has 0 fully saturated rings. The number of amides is 1. The molecule has 0 saturated carbocycles. The average Bonchev–Trinajstić information content (AvgIpc) is 2.41. The van der Waals surface area contributed by atoms with E-state index in [0.29, 0.717) is 37.4 Å². The van der Waals surface area contributed by atoms with Gasteiger partial charge in [0.1, 0.15) is 5.82 Å². The van der Waals surface area contributed by atoms with Crippen molar-refractivity contribution in [2.75, 3.05) is 31.6 Å². The van der Waals surface area contributed by atoms with E-state index in [0.717, 1.165) is 4.47 Å². The van der Waals surface area contributed by atoms with Crippen molar-refractivity contribution in [3.8, 4) is 0 Å². The quantitative estimate of drug-likeness (QED) is 0.804. The SMILES string of the molecule is CCNc1ncc(Br)cc1C(=O)N(CC)CCCO. The van der Waals surface area contributed by atoms with Gasteiger partial charge in [0.05, 0.1) is 5.56 Å². The molecule has 0 spiro atoms. The van der Waals surface area contributed by atoms with Gasteiger partial charge in [-0.25, -0.2) is 4.98 Å². The molecule has 0 bridgehead atoms. The van der Waals surface area contributed by atoms with Crippen LogP contribution in [0.4, 0.5) is 5.82 Å². The Morgan fingerprint density at radius 3 is 2.84 bits per heavy atom. The summed E-state index contributed by atoms with van der Waals surface area (Å²) in [5, 5.41) is 12.0. The number of aliphatic hydroxyl groups excluding tert-OH is 1. The first-order chi connectivity index (χ1) is 9.13. The first kappa shape index (κ1) is 15.9. The Bertz CT molecular complexity index is 426.